The third kappa shape index (κ3) is 5.83. The van der Waals surface area contributed by atoms with E-state index >= 15 is 0 Å². The molecule has 0 unspecified atom stereocenters. The number of aromatic nitrogens is 2. The van der Waals surface area contributed by atoms with E-state index in [1.807, 2.05) is 53.4 Å². The summed E-state index contributed by atoms with van der Waals surface area (Å²) in [5.41, 5.74) is 0.533. The lowest BCUT2D eigenvalue weighted by molar-refractivity contribution is -0.130. The van der Waals surface area contributed by atoms with Gasteiger partial charge in [-0.1, -0.05) is 48.2 Å². The molecule has 0 radical (unpaired) electrons. The molecule has 1 aliphatic heterocycles. The van der Waals surface area contributed by atoms with Crippen molar-refractivity contribution >= 4 is 28.6 Å². The second kappa shape index (κ2) is 11.2. The molecular formula is C25H28N4O3S. The summed E-state index contributed by atoms with van der Waals surface area (Å²) in [5, 5.41) is 1.12. The monoisotopic (exact) mass is 464 g/mol. The maximum absolute atomic E-state index is 12.8. The van der Waals surface area contributed by atoms with Crippen LogP contribution in [0.4, 0.5) is 0 Å². The number of para-hydroxylation sites is 2. The highest BCUT2D eigenvalue weighted by Crippen LogP contribution is 2.19. The lowest BCUT2D eigenvalue weighted by Gasteiger charge is -2.34. The number of rotatable bonds is 9. The third-order valence-corrected chi connectivity index (χ3v) is 6.57. The number of allylic oxidation sites excluding steroid dienone is 1. The smallest absolute Gasteiger partial charge is 0.262 e. The lowest BCUT2D eigenvalue weighted by atomic mass is 10.2. The molecule has 4 rings (SSSR count). The van der Waals surface area contributed by atoms with Crippen molar-refractivity contribution in [3.05, 3.63) is 77.6 Å². The van der Waals surface area contributed by atoms with Crippen molar-refractivity contribution < 1.29 is 9.53 Å². The largest absolute Gasteiger partial charge is 0.492 e. The van der Waals surface area contributed by atoms with Gasteiger partial charge in [-0.2, -0.15) is 0 Å². The Morgan fingerprint density at radius 1 is 1.06 bits per heavy atom. The van der Waals surface area contributed by atoms with Crippen molar-refractivity contribution in [2.75, 3.05) is 45.1 Å². The molecule has 7 nitrogen and oxygen atoms in total. The van der Waals surface area contributed by atoms with E-state index in [4.69, 9.17) is 4.74 Å². The van der Waals surface area contributed by atoms with Gasteiger partial charge in [0.05, 0.1) is 16.7 Å². The van der Waals surface area contributed by atoms with Crippen molar-refractivity contribution in [3.63, 3.8) is 0 Å². The number of hydrogen-bond donors (Lipinski definition) is 0. The zero-order valence-corrected chi connectivity index (χ0v) is 19.4. The first kappa shape index (κ1) is 23.1. The first-order valence-electron chi connectivity index (χ1n) is 11.1. The molecule has 0 bridgehead atoms. The van der Waals surface area contributed by atoms with Gasteiger partial charge in [-0.15, -0.1) is 6.58 Å². The number of benzene rings is 2. The Balaban J connectivity index is 1.29. The quantitative estimate of drug-likeness (QED) is 0.276. The summed E-state index contributed by atoms with van der Waals surface area (Å²) in [5.74, 6) is 1.19. The van der Waals surface area contributed by atoms with E-state index < -0.39 is 0 Å². The van der Waals surface area contributed by atoms with E-state index in [0.717, 1.165) is 25.4 Å². The molecule has 2 heterocycles. The molecular weight excluding hydrogens is 436 g/mol. The predicted molar refractivity (Wildman–Crippen MR) is 132 cm³/mol. The minimum atomic E-state index is -0.109. The van der Waals surface area contributed by atoms with Crippen LogP contribution in [0.1, 0.15) is 0 Å². The molecule has 1 saturated heterocycles. The van der Waals surface area contributed by atoms with Crippen molar-refractivity contribution in [3.8, 4) is 5.75 Å². The van der Waals surface area contributed by atoms with Crippen LogP contribution in [0.15, 0.2) is 77.2 Å². The lowest BCUT2D eigenvalue weighted by Crippen LogP contribution is -2.50. The highest BCUT2D eigenvalue weighted by Gasteiger charge is 2.22. The number of carbonyl (C=O) groups excluding carboxylic acids is 1. The summed E-state index contributed by atoms with van der Waals surface area (Å²) in [6.45, 7) is 8.59. The van der Waals surface area contributed by atoms with Gasteiger partial charge < -0.3 is 9.64 Å². The van der Waals surface area contributed by atoms with Gasteiger partial charge in [0, 0.05) is 39.3 Å². The number of ether oxygens (including phenoxy) is 1. The number of amides is 1. The second-order valence-corrected chi connectivity index (χ2v) is 8.73. The number of hydrogen-bond acceptors (Lipinski definition) is 6. The average molecular weight is 465 g/mol. The predicted octanol–water partition coefficient (Wildman–Crippen LogP) is 2.90. The van der Waals surface area contributed by atoms with E-state index in [1.54, 1.807) is 16.7 Å². The van der Waals surface area contributed by atoms with Crippen LogP contribution in [-0.4, -0.2) is 70.3 Å². The zero-order valence-electron chi connectivity index (χ0n) is 18.6. The van der Waals surface area contributed by atoms with Gasteiger partial charge in [-0.05, 0) is 24.3 Å². The normalized spacial score (nSPS) is 14.4. The maximum atomic E-state index is 12.8. The van der Waals surface area contributed by atoms with Gasteiger partial charge in [0.25, 0.3) is 5.56 Å². The second-order valence-electron chi connectivity index (χ2n) is 7.79. The van der Waals surface area contributed by atoms with E-state index in [1.165, 1.54) is 11.8 Å². The third-order valence-electron chi connectivity index (χ3n) is 5.61. The van der Waals surface area contributed by atoms with Crippen LogP contribution in [-0.2, 0) is 11.3 Å². The van der Waals surface area contributed by atoms with Gasteiger partial charge >= 0.3 is 0 Å². The number of nitrogens with zero attached hydrogens (tertiary/aromatic N) is 4. The van der Waals surface area contributed by atoms with E-state index in [9.17, 15) is 9.59 Å². The molecule has 2 aromatic carbocycles. The van der Waals surface area contributed by atoms with Gasteiger partial charge in [0.15, 0.2) is 5.16 Å². The van der Waals surface area contributed by atoms with Crippen molar-refractivity contribution in [1.29, 1.82) is 0 Å². The van der Waals surface area contributed by atoms with Crippen molar-refractivity contribution in [2.45, 2.75) is 11.7 Å². The summed E-state index contributed by atoms with van der Waals surface area (Å²) >= 11 is 1.31. The number of fused-ring (bicyclic) bond motifs is 1. The van der Waals surface area contributed by atoms with Crippen molar-refractivity contribution in [2.24, 2.45) is 0 Å². The van der Waals surface area contributed by atoms with Gasteiger partial charge in [-0.25, -0.2) is 4.98 Å². The summed E-state index contributed by atoms with van der Waals surface area (Å²) < 4.78 is 7.36. The van der Waals surface area contributed by atoms with Crippen LogP contribution in [0.5, 0.6) is 5.75 Å². The number of carbonyl (C=O) groups is 1. The van der Waals surface area contributed by atoms with Crippen LogP contribution in [0.25, 0.3) is 10.9 Å². The molecule has 0 atom stereocenters. The van der Waals surface area contributed by atoms with Crippen LogP contribution in [0, 0.1) is 0 Å². The molecule has 33 heavy (non-hydrogen) atoms. The van der Waals surface area contributed by atoms with Gasteiger partial charge in [-0.3, -0.25) is 19.1 Å². The van der Waals surface area contributed by atoms with E-state index in [-0.39, 0.29) is 17.2 Å². The fourth-order valence-corrected chi connectivity index (χ4v) is 4.71. The first-order valence-corrected chi connectivity index (χ1v) is 12.1. The number of piperazine rings is 1. The average Bonchev–Trinajstić information content (AvgIpc) is 2.86. The Labute approximate surface area is 197 Å². The molecule has 0 saturated carbocycles. The Bertz CT molecular complexity index is 1160. The topological polar surface area (TPSA) is 67.7 Å². The molecule has 1 amide bonds. The maximum Gasteiger partial charge on any atom is 0.262 e. The Hall–Kier alpha value is -3.10. The highest BCUT2D eigenvalue weighted by atomic mass is 32.2. The molecule has 0 aliphatic carbocycles. The van der Waals surface area contributed by atoms with Crippen LogP contribution >= 0.6 is 11.8 Å². The highest BCUT2D eigenvalue weighted by molar-refractivity contribution is 7.99. The Morgan fingerprint density at radius 3 is 2.55 bits per heavy atom. The van der Waals surface area contributed by atoms with Crippen LogP contribution < -0.4 is 10.3 Å². The molecule has 0 N–H and O–H groups in total. The van der Waals surface area contributed by atoms with E-state index in [0.29, 0.717) is 42.3 Å². The SMILES string of the molecule is C=CCn1c(SCC(=O)N2CCN(CCOc3ccccc3)CC2)nc2ccccc2c1=O. The molecule has 1 aromatic heterocycles. The number of thioether (sulfide) groups is 1. The Kier molecular flexibility index (Phi) is 7.80. The van der Waals surface area contributed by atoms with Crippen molar-refractivity contribution in [1.82, 2.24) is 19.4 Å². The molecule has 3 aromatic rings. The minimum Gasteiger partial charge on any atom is -0.492 e. The fraction of sp³-hybridized carbons (Fsp3) is 0.320. The first-order chi connectivity index (χ1) is 16.2. The molecule has 0 spiro atoms. The van der Waals surface area contributed by atoms with E-state index in [2.05, 4.69) is 16.5 Å². The Morgan fingerprint density at radius 2 is 1.79 bits per heavy atom. The minimum absolute atomic E-state index is 0.0627. The molecule has 1 aliphatic rings. The summed E-state index contributed by atoms with van der Waals surface area (Å²) in [6, 6.07) is 17.1. The van der Waals surface area contributed by atoms with Crippen LogP contribution in [0.3, 0.4) is 0 Å². The molecule has 8 heteroatoms. The zero-order chi connectivity index (χ0) is 23.0. The van der Waals surface area contributed by atoms with Crippen LogP contribution in [0.2, 0.25) is 0 Å². The standard InChI is InChI=1S/C25H28N4O3S/c1-2-12-29-24(31)21-10-6-7-11-22(21)26-25(29)33-19-23(30)28-15-13-27(14-16-28)17-18-32-20-8-4-3-5-9-20/h2-11H,1,12-19H2. The van der Waals surface area contributed by atoms with Gasteiger partial charge in [0.1, 0.15) is 12.4 Å². The molecule has 1 fully saturated rings. The van der Waals surface area contributed by atoms with Gasteiger partial charge in [0.2, 0.25) is 5.91 Å². The molecule has 172 valence electrons. The summed E-state index contributed by atoms with van der Waals surface area (Å²) in [6.07, 6.45) is 1.67. The fourth-order valence-electron chi connectivity index (χ4n) is 3.80. The summed E-state index contributed by atoms with van der Waals surface area (Å²) in [4.78, 5) is 34.5. The summed E-state index contributed by atoms with van der Waals surface area (Å²) in [7, 11) is 0.